The molecular weight excluding hydrogens is 210 g/mol. The van der Waals surface area contributed by atoms with E-state index in [0.29, 0.717) is 6.54 Å². The van der Waals surface area contributed by atoms with Crippen LogP contribution in [-0.2, 0) is 0 Å². The number of carbonyl (C=O) groups is 1. The molecule has 0 aromatic heterocycles. The van der Waals surface area contributed by atoms with Gasteiger partial charge in [0, 0.05) is 17.5 Å². The molecule has 0 spiro atoms. The predicted octanol–water partition coefficient (Wildman–Crippen LogP) is 3.01. The minimum atomic E-state index is -0.279. The molecule has 1 aliphatic carbocycles. The third-order valence-corrected chi connectivity index (χ3v) is 4.07. The largest absolute Gasteiger partial charge is 0.329 e. The van der Waals surface area contributed by atoms with E-state index in [4.69, 9.17) is 5.73 Å². The summed E-state index contributed by atoms with van der Waals surface area (Å²) in [4.78, 5) is 12.7. The first-order valence-corrected chi connectivity index (χ1v) is 6.41. The summed E-state index contributed by atoms with van der Waals surface area (Å²) in [5, 5.41) is 0. The summed E-state index contributed by atoms with van der Waals surface area (Å²) in [6.07, 6.45) is 4.17. The van der Waals surface area contributed by atoms with E-state index >= 15 is 0 Å². The fraction of sp³-hybridized carbons (Fsp3) is 0.533. The van der Waals surface area contributed by atoms with E-state index in [9.17, 15) is 4.79 Å². The Morgan fingerprint density at radius 1 is 1.29 bits per heavy atom. The summed E-state index contributed by atoms with van der Waals surface area (Å²) in [5.41, 5.74) is 8.68. The Hall–Kier alpha value is -1.15. The lowest BCUT2D eigenvalue weighted by molar-refractivity contribution is 0.0809. The molecule has 0 aliphatic heterocycles. The molecular formula is C15H21NO. The van der Waals surface area contributed by atoms with E-state index in [1.54, 1.807) is 0 Å². The summed E-state index contributed by atoms with van der Waals surface area (Å²) in [6, 6.07) is 6.09. The van der Waals surface area contributed by atoms with Crippen molar-refractivity contribution >= 4 is 5.78 Å². The van der Waals surface area contributed by atoms with E-state index in [2.05, 4.69) is 6.07 Å². The summed E-state index contributed by atoms with van der Waals surface area (Å²) in [6.45, 7) is 4.52. The van der Waals surface area contributed by atoms with E-state index in [0.717, 1.165) is 42.4 Å². The lowest BCUT2D eigenvalue weighted by Crippen LogP contribution is -2.36. The molecule has 1 aromatic carbocycles. The fourth-order valence-electron chi connectivity index (χ4n) is 2.84. The van der Waals surface area contributed by atoms with Gasteiger partial charge in [0.15, 0.2) is 5.78 Å². The van der Waals surface area contributed by atoms with Gasteiger partial charge >= 0.3 is 0 Å². The Morgan fingerprint density at radius 2 is 1.94 bits per heavy atom. The molecule has 0 atom stereocenters. The third-order valence-electron chi connectivity index (χ3n) is 4.07. The standard InChI is InChI=1S/C15H21NO/c1-11-5-6-12(2)13(9-11)14(17)15(10-16)7-3-4-8-15/h5-6,9H,3-4,7-8,10,16H2,1-2H3. The number of hydrogen-bond donors (Lipinski definition) is 1. The summed E-state index contributed by atoms with van der Waals surface area (Å²) in [7, 11) is 0. The van der Waals surface area contributed by atoms with Crippen LogP contribution in [0.1, 0.15) is 47.2 Å². The van der Waals surface area contributed by atoms with Crippen LogP contribution in [0, 0.1) is 19.3 Å². The lowest BCUT2D eigenvalue weighted by Gasteiger charge is -2.26. The Labute approximate surface area is 103 Å². The van der Waals surface area contributed by atoms with Crippen molar-refractivity contribution in [3.8, 4) is 0 Å². The number of benzene rings is 1. The molecule has 1 saturated carbocycles. The van der Waals surface area contributed by atoms with Gasteiger partial charge in [0.2, 0.25) is 0 Å². The lowest BCUT2D eigenvalue weighted by atomic mass is 9.77. The zero-order chi connectivity index (χ0) is 12.5. The third kappa shape index (κ3) is 2.14. The van der Waals surface area contributed by atoms with Gasteiger partial charge in [-0.25, -0.2) is 0 Å². The topological polar surface area (TPSA) is 43.1 Å². The Balaban J connectivity index is 2.39. The Bertz CT molecular complexity index is 431. The van der Waals surface area contributed by atoms with Crippen LogP contribution < -0.4 is 5.73 Å². The number of carbonyl (C=O) groups excluding carboxylic acids is 1. The van der Waals surface area contributed by atoms with Crippen molar-refractivity contribution < 1.29 is 4.79 Å². The quantitative estimate of drug-likeness (QED) is 0.813. The molecule has 2 nitrogen and oxygen atoms in total. The van der Waals surface area contributed by atoms with Crippen LogP contribution in [-0.4, -0.2) is 12.3 Å². The summed E-state index contributed by atoms with van der Waals surface area (Å²) in [5.74, 6) is 0.263. The molecule has 92 valence electrons. The maximum atomic E-state index is 12.7. The van der Waals surface area contributed by atoms with Crippen molar-refractivity contribution in [1.29, 1.82) is 0 Å². The number of Topliss-reactive ketones (excluding diaryl/α,β-unsaturated/α-hetero) is 1. The van der Waals surface area contributed by atoms with Crippen molar-refractivity contribution in [3.63, 3.8) is 0 Å². The highest BCUT2D eigenvalue weighted by atomic mass is 16.1. The van der Waals surface area contributed by atoms with Crippen LogP contribution in [0.3, 0.4) is 0 Å². The van der Waals surface area contributed by atoms with Gasteiger partial charge in [-0.15, -0.1) is 0 Å². The van der Waals surface area contributed by atoms with Gasteiger partial charge < -0.3 is 5.73 Å². The second-order valence-corrected chi connectivity index (χ2v) is 5.34. The first-order valence-electron chi connectivity index (χ1n) is 6.41. The Morgan fingerprint density at radius 3 is 2.53 bits per heavy atom. The molecule has 0 saturated heterocycles. The zero-order valence-corrected chi connectivity index (χ0v) is 10.8. The molecule has 1 fully saturated rings. The minimum absolute atomic E-state index is 0.263. The smallest absolute Gasteiger partial charge is 0.170 e. The number of hydrogen-bond acceptors (Lipinski definition) is 2. The molecule has 1 aliphatic rings. The van der Waals surface area contributed by atoms with Gasteiger partial charge in [0.05, 0.1) is 0 Å². The van der Waals surface area contributed by atoms with E-state index < -0.39 is 0 Å². The SMILES string of the molecule is Cc1ccc(C)c(C(=O)C2(CN)CCCC2)c1. The Kier molecular flexibility index (Phi) is 3.34. The van der Waals surface area contributed by atoms with Crippen LogP contribution >= 0.6 is 0 Å². The monoisotopic (exact) mass is 231 g/mol. The van der Waals surface area contributed by atoms with Crippen LogP contribution in [0.25, 0.3) is 0 Å². The first-order chi connectivity index (χ1) is 8.09. The molecule has 17 heavy (non-hydrogen) atoms. The maximum Gasteiger partial charge on any atom is 0.170 e. The van der Waals surface area contributed by atoms with Crippen LogP contribution in [0.5, 0.6) is 0 Å². The molecule has 0 bridgehead atoms. The van der Waals surface area contributed by atoms with Crippen molar-refractivity contribution in [2.45, 2.75) is 39.5 Å². The molecule has 2 N–H and O–H groups in total. The van der Waals surface area contributed by atoms with Crippen molar-refractivity contribution in [2.24, 2.45) is 11.1 Å². The maximum absolute atomic E-state index is 12.7. The average molecular weight is 231 g/mol. The van der Waals surface area contributed by atoms with Crippen LogP contribution in [0.15, 0.2) is 18.2 Å². The zero-order valence-electron chi connectivity index (χ0n) is 10.8. The van der Waals surface area contributed by atoms with E-state index in [-0.39, 0.29) is 11.2 Å². The number of nitrogens with two attached hydrogens (primary N) is 1. The molecule has 2 heteroatoms. The van der Waals surface area contributed by atoms with Crippen molar-refractivity contribution in [1.82, 2.24) is 0 Å². The van der Waals surface area contributed by atoms with Crippen molar-refractivity contribution in [2.75, 3.05) is 6.54 Å². The van der Waals surface area contributed by atoms with E-state index in [1.807, 2.05) is 26.0 Å². The van der Waals surface area contributed by atoms with Gasteiger partial charge in [-0.05, 0) is 38.3 Å². The molecule has 1 aromatic rings. The van der Waals surface area contributed by atoms with Gasteiger partial charge in [0.1, 0.15) is 0 Å². The highest BCUT2D eigenvalue weighted by molar-refractivity contribution is 6.02. The highest BCUT2D eigenvalue weighted by Gasteiger charge is 2.40. The summed E-state index contributed by atoms with van der Waals surface area (Å²) >= 11 is 0. The van der Waals surface area contributed by atoms with Gasteiger partial charge in [-0.2, -0.15) is 0 Å². The fourth-order valence-corrected chi connectivity index (χ4v) is 2.84. The first kappa shape index (κ1) is 12.3. The van der Waals surface area contributed by atoms with Crippen LogP contribution in [0.4, 0.5) is 0 Å². The molecule has 2 rings (SSSR count). The second kappa shape index (κ2) is 4.61. The van der Waals surface area contributed by atoms with Crippen molar-refractivity contribution in [3.05, 3.63) is 34.9 Å². The number of ketones is 1. The predicted molar refractivity (Wildman–Crippen MR) is 70.2 cm³/mol. The normalized spacial score (nSPS) is 18.3. The van der Waals surface area contributed by atoms with Crippen LogP contribution in [0.2, 0.25) is 0 Å². The highest BCUT2D eigenvalue weighted by Crippen LogP contribution is 2.40. The van der Waals surface area contributed by atoms with Gasteiger partial charge in [0.25, 0.3) is 0 Å². The van der Waals surface area contributed by atoms with E-state index in [1.165, 1.54) is 0 Å². The average Bonchev–Trinajstić information content (AvgIpc) is 2.81. The number of aryl methyl sites for hydroxylation is 2. The van der Waals surface area contributed by atoms with Gasteiger partial charge in [-0.3, -0.25) is 4.79 Å². The molecule has 0 unspecified atom stereocenters. The molecule has 0 amide bonds. The molecule has 0 heterocycles. The second-order valence-electron chi connectivity index (χ2n) is 5.34. The minimum Gasteiger partial charge on any atom is -0.329 e. The number of rotatable bonds is 3. The van der Waals surface area contributed by atoms with Gasteiger partial charge in [-0.1, -0.05) is 30.5 Å². The molecule has 0 radical (unpaired) electrons. The summed E-state index contributed by atoms with van der Waals surface area (Å²) < 4.78 is 0.